The summed E-state index contributed by atoms with van der Waals surface area (Å²) in [5.74, 6) is -0.356. The van der Waals surface area contributed by atoms with Crippen molar-refractivity contribution in [2.45, 2.75) is 69.6 Å². The van der Waals surface area contributed by atoms with E-state index in [2.05, 4.69) is 6.07 Å². The molecule has 0 bridgehead atoms. The van der Waals surface area contributed by atoms with Gasteiger partial charge in [0.1, 0.15) is 0 Å². The van der Waals surface area contributed by atoms with Crippen LogP contribution in [0.1, 0.15) is 56.1 Å². The monoisotopic (exact) mass is 528 g/mol. The summed E-state index contributed by atoms with van der Waals surface area (Å²) in [5.41, 5.74) is 8.62. The van der Waals surface area contributed by atoms with Crippen molar-refractivity contribution in [3.63, 3.8) is 0 Å². The van der Waals surface area contributed by atoms with Crippen LogP contribution in [0, 0.1) is 18.8 Å². The Kier molecular flexibility index (Phi) is 9.30. The van der Waals surface area contributed by atoms with E-state index in [1.165, 1.54) is 0 Å². The number of aryl methyl sites for hydroxylation is 1. The zero-order valence-electron chi connectivity index (χ0n) is 22.0. The first kappa shape index (κ1) is 28.1. The Labute approximate surface area is 225 Å². The molecular weight excluding hydrogens is 488 g/mol. The number of methoxy groups -OCH3 is 1. The summed E-state index contributed by atoms with van der Waals surface area (Å²) in [5, 5.41) is 23.3. The molecule has 0 radical (unpaired) electrons. The number of likely N-dealkylation sites (tertiary alicyclic amines) is 1. The lowest BCUT2D eigenvalue weighted by Gasteiger charge is -2.44. The van der Waals surface area contributed by atoms with Crippen molar-refractivity contribution in [1.82, 2.24) is 4.90 Å². The lowest BCUT2D eigenvalue weighted by Crippen LogP contribution is -2.49. The molecule has 37 heavy (non-hydrogen) atoms. The van der Waals surface area contributed by atoms with Gasteiger partial charge in [0, 0.05) is 55.3 Å². The molecule has 7 heteroatoms. The predicted octanol–water partition coefficient (Wildman–Crippen LogP) is 4.66. The van der Waals surface area contributed by atoms with E-state index in [-0.39, 0.29) is 23.8 Å². The molecule has 2 aliphatic rings. The molecule has 1 heterocycles. The molecule has 4 rings (SSSR count). The number of nitrogens with zero attached hydrogens (tertiary/aromatic N) is 1. The summed E-state index contributed by atoms with van der Waals surface area (Å²) in [6, 6.07) is 13.6. The van der Waals surface area contributed by atoms with Crippen molar-refractivity contribution in [1.29, 1.82) is 0 Å². The summed E-state index contributed by atoms with van der Waals surface area (Å²) in [7, 11) is 1.69. The average Bonchev–Trinajstić information content (AvgIpc) is 3.23. The van der Waals surface area contributed by atoms with Crippen molar-refractivity contribution in [3.05, 3.63) is 58.6 Å². The highest BCUT2D eigenvalue weighted by Gasteiger charge is 2.44. The van der Waals surface area contributed by atoms with Crippen molar-refractivity contribution in [2.75, 3.05) is 26.8 Å². The fourth-order valence-corrected chi connectivity index (χ4v) is 6.54. The molecule has 2 fully saturated rings. The molecule has 202 valence electrons. The van der Waals surface area contributed by atoms with E-state index in [0.29, 0.717) is 44.0 Å². The highest BCUT2D eigenvalue weighted by molar-refractivity contribution is 6.33. The molecule has 0 aromatic heterocycles. The number of carbonyl (C=O) groups is 1. The van der Waals surface area contributed by atoms with Crippen molar-refractivity contribution in [3.8, 4) is 11.1 Å². The number of aliphatic hydroxyl groups excluding tert-OH is 1. The van der Waals surface area contributed by atoms with Crippen molar-refractivity contribution < 1.29 is 19.7 Å². The van der Waals surface area contributed by atoms with E-state index >= 15 is 0 Å². The molecule has 1 saturated heterocycles. The Morgan fingerprint density at radius 2 is 2.00 bits per heavy atom. The topological polar surface area (TPSA) is 96.0 Å². The molecular formula is C30H41ClN2O4. The molecule has 1 unspecified atom stereocenters. The van der Waals surface area contributed by atoms with Crippen LogP contribution in [0.15, 0.2) is 42.5 Å². The lowest BCUT2D eigenvalue weighted by molar-refractivity contribution is -0.141. The van der Waals surface area contributed by atoms with Gasteiger partial charge in [-0.05, 0) is 69.1 Å². The lowest BCUT2D eigenvalue weighted by atomic mass is 9.72. The molecule has 1 aliphatic heterocycles. The second-order valence-corrected chi connectivity index (χ2v) is 11.3. The molecule has 1 aliphatic carbocycles. The van der Waals surface area contributed by atoms with E-state index in [1.54, 1.807) is 7.11 Å². The second kappa shape index (κ2) is 12.3. The third-order valence-corrected chi connectivity index (χ3v) is 8.59. The average molecular weight is 529 g/mol. The fraction of sp³-hybridized carbons (Fsp3) is 0.567. The number of carbonyl (C=O) groups excluding carboxylic acids is 1. The Bertz CT molecular complexity index is 1070. The summed E-state index contributed by atoms with van der Waals surface area (Å²) in [6.45, 7) is 3.82. The molecule has 6 nitrogen and oxygen atoms in total. The number of unbranched alkanes of at least 4 members (excludes halogenated alkanes) is 1. The van der Waals surface area contributed by atoms with Gasteiger partial charge in [-0.3, -0.25) is 4.79 Å². The number of ether oxygens (including phenoxy) is 1. The number of rotatable bonds is 9. The van der Waals surface area contributed by atoms with Crippen LogP contribution in [-0.2, 0) is 15.1 Å². The van der Waals surface area contributed by atoms with Gasteiger partial charge in [0.25, 0.3) is 0 Å². The Morgan fingerprint density at radius 3 is 2.70 bits per heavy atom. The summed E-state index contributed by atoms with van der Waals surface area (Å²) in [4.78, 5) is 15.3. The van der Waals surface area contributed by atoms with E-state index in [9.17, 15) is 15.0 Å². The van der Waals surface area contributed by atoms with Crippen LogP contribution < -0.4 is 5.73 Å². The van der Waals surface area contributed by atoms with Gasteiger partial charge < -0.3 is 25.6 Å². The number of hydrogen-bond donors (Lipinski definition) is 3. The zero-order valence-corrected chi connectivity index (χ0v) is 22.8. The Morgan fingerprint density at radius 1 is 1.22 bits per heavy atom. The van der Waals surface area contributed by atoms with Crippen LogP contribution in [0.4, 0.5) is 0 Å². The molecule has 2 aromatic rings. The quantitative estimate of drug-likeness (QED) is 0.411. The van der Waals surface area contributed by atoms with Gasteiger partial charge in [0.15, 0.2) is 0 Å². The SMILES string of the molecule is COCCCC[C@@](O)(c1cccc(Cl)c1-c1cccc(C)c1)C1CCCN(C(=O)[C@H]2C[C@@H](N)[C@@H](O)C2)C1. The minimum absolute atomic E-state index is 0.0448. The van der Waals surface area contributed by atoms with E-state index in [0.717, 1.165) is 47.9 Å². The zero-order chi connectivity index (χ0) is 26.6. The molecule has 4 N–H and O–H groups in total. The van der Waals surface area contributed by atoms with Crippen LogP contribution in [0.2, 0.25) is 5.02 Å². The van der Waals surface area contributed by atoms with Crippen LogP contribution >= 0.6 is 11.6 Å². The molecule has 0 spiro atoms. The first-order valence-corrected chi connectivity index (χ1v) is 13.9. The maximum Gasteiger partial charge on any atom is 0.225 e. The fourth-order valence-electron chi connectivity index (χ4n) is 6.25. The summed E-state index contributed by atoms with van der Waals surface area (Å²) in [6.07, 6.45) is 4.10. The van der Waals surface area contributed by atoms with Gasteiger partial charge in [0.2, 0.25) is 5.91 Å². The van der Waals surface area contributed by atoms with E-state index in [4.69, 9.17) is 22.1 Å². The number of halogens is 1. The standard InChI is InChI=1S/C30H41ClN2O4/c1-20-8-5-9-21(16-20)28-24(11-6-12-25(28)31)30(36,13-3-4-15-37-2)23-10-7-14-33(19-23)29(35)22-17-26(32)27(34)18-22/h5-6,8-9,11-12,16,22-23,26-27,34,36H,3-4,7,10,13-15,17-19,32H2,1-2H3/t22-,23?,26+,27-,30-/m0/s1. The predicted molar refractivity (Wildman–Crippen MR) is 147 cm³/mol. The Balaban J connectivity index is 1.68. The molecule has 2 aromatic carbocycles. The number of nitrogens with two attached hydrogens (primary N) is 1. The number of piperidine rings is 1. The first-order valence-electron chi connectivity index (χ1n) is 13.5. The van der Waals surface area contributed by atoms with Crippen molar-refractivity contribution in [2.24, 2.45) is 17.6 Å². The summed E-state index contributed by atoms with van der Waals surface area (Å²) < 4.78 is 5.27. The first-order chi connectivity index (χ1) is 17.7. The Hall–Kier alpha value is -1.96. The third kappa shape index (κ3) is 6.21. The van der Waals surface area contributed by atoms with Crippen molar-refractivity contribution >= 4 is 17.5 Å². The minimum atomic E-state index is -1.16. The van der Waals surface area contributed by atoms with Gasteiger partial charge in [-0.2, -0.15) is 0 Å². The van der Waals surface area contributed by atoms with E-state index < -0.39 is 11.7 Å². The number of amides is 1. The highest BCUT2D eigenvalue weighted by atomic mass is 35.5. The van der Waals surface area contributed by atoms with Gasteiger partial charge in [-0.25, -0.2) is 0 Å². The minimum Gasteiger partial charge on any atom is -0.391 e. The molecule has 1 saturated carbocycles. The van der Waals surface area contributed by atoms with Gasteiger partial charge in [-0.15, -0.1) is 0 Å². The number of benzene rings is 2. The molecule has 5 atom stereocenters. The highest BCUT2D eigenvalue weighted by Crippen LogP contribution is 2.46. The third-order valence-electron chi connectivity index (χ3n) is 8.28. The maximum absolute atomic E-state index is 13.4. The van der Waals surface area contributed by atoms with Crippen LogP contribution in [0.3, 0.4) is 0 Å². The molecule has 1 amide bonds. The number of aliphatic hydroxyl groups is 2. The van der Waals surface area contributed by atoms with Gasteiger partial charge >= 0.3 is 0 Å². The van der Waals surface area contributed by atoms with Gasteiger partial charge in [0.05, 0.1) is 11.7 Å². The largest absolute Gasteiger partial charge is 0.391 e. The normalized spacial score (nSPS) is 25.7. The van der Waals surface area contributed by atoms with E-state index in [1.807, 2.05) is 48.2 Å². The number of hydrogen-bond acceptors (Lipinski definition) is 5. The van der Waals surface area contributed by atoms with Gasteiger partial charge in [-0.1, -0.05) is 53.6 Å². The maximum atomic E-state index is 13.4. The van der Waals surface area contributed by atoms with Crippen LogP contribution in [-0.4, -0.2) is 60.0 Å². The smallest absolute Gasteiger partial charge is 0.225 e. The van der Waals surface area contributed by atoms with Crippen LogP contribution in [0.25, 0.3) is 11.1 Å². The second-order valence-electron chi connectivity index (χ2n) is 10.9. The summed E-state index contributed by atoms with van der Waals surface area (Å²) >= 11 is 6.81. The van der Waals surface area contributed by atoms with Crippen LogP contribution in [0.5, 0.6) is 0 Å².